The van der Waals surface area contributed by atoms with E-state index in [4.69, 9.17) is 14.2 Å². The van der Waals surface area contributed by atoms with Crippen molar-refractivity contribution in [2.45, 2.75) is 32.3 Å². The molecule has 5 nitrogen and oxygen atoms in total. The fourth-order valence-electron chi connectivity index (χ4n) is 3.15. The summed E-state index contributed by atoms with van der Waals surface area (Å²) in [5.41, 5.74) is 0.390. The molecule has 0 heterocycles. The summed E-state index contributed by atoms with van der Waals surface area (Å²) in [5, 5.41) is 0. The summed E-state index contributed by atoms with van der Waals surface area (Å²) in [5.74, 6) is -0.255. The minimum absolute atomic E-state index is 0.0249. The van der Waals surface area contributed by atoms with Crippen molar-refractivity contribution in [3.8, 4) is 0 Å². The van der Waals surface area contributed by atoms with Crippen LogP contribution in [-0.2, 0) is 23.8 Å². The first-order valence-corrected chi connectivity index (χ1v) is 6.55. The molecule has 0 saturated heterocycles. The number of fused-ring (bicyclic) bond motifs is 2. The molecule has 4 atom stereocenters. The predicted octanol–water partition coefficient (Wildman–Crippen LogP) is 1.67. The largest absolute Gasteiger partial charge is 0.459 e. The topological polar surface area (TPSA) is 61.8 Å². The molecule has 2 bridgehead atoms. The average molecular weight is 268 g/mol. The molecule has 2 rings (SSSR count). The number of hydrogen-bond donors (Lipinski definition) is 0. The number of carbonyl (C=O) groups excluding carboxylic acids is 2. The number of esters is 2. The van der Waals surface area contributed by atoms with E-state index in [1.807, 2.05) is 0 Å². The first-order chi connectivity index (χ1) is 9.02. The highest BCUT2D eigenvalue weighted by Crippen LogP contribution is 2.50. The van der Waals surface area contributed by atoms with Gasteiger partial charge in [0, 0.05) is 18.6 Å². The third kappa shape index (κ3) is 2.97. The first-order valence-electron chi connectivity index (χ1n) is 6.55. The van der Waals surface area contributed by atoms with E-state index in [0.29, 0.717) is 11.5 Å². The smallest absolute Gasteiger partial charge is 0.333 e. The van der Waals surface area contributed by atoms with Crippen molar-refractivity contribution in [1.82, 2.24) is 0 Å². The van der Waals surface area contributed by atoms with Gasteiger partial charge >= 0.3 is 11.9 Å². The monoisotopic (exact) mass is 268 g/mol. The van der Waals surface area contributed by atoms with Gasteiger partial charge in [0.2, 0.25) is 0 Å². The molecule has 0 N–H and O–H groups in total. The second-order valence-corrected chi connectivity index (χ2v) is 5.44. The zero-order valence-electron chi connectivity index (χ0n) is 11.4. The molecule has 4 unspecified atom stereocenters. The van der Waals surface area contributed by atoms with Gasteiger partial charge in [-0.05, 0) is 32.1 Å². The Hall–Kier alpha value is -1.36. The second kappa shape index (κ2) is 5.74. The summed E-state index contributed by atoms with van der Waals surface area (Å²) in [6, 6.07) is 0. The third-order valence-electron chi connectivity index (χ3n) is 3.98. The Bertz CT molecular complexity index is 389. The van der Waals surface area contributed by atoms with Gasteiger partial charge in [0.05, 0.1) is 5.92 Å². The van der Waals surface area contributed by atoms with Gasteiger partial charge in [0.1, 0.15) is 6.10 Å². The summed E-state index contributed by atoms with van der Waals surface area (Å²) in [6.07, 6.45) is 2.43. The highest BCUT2D eigenvalue weighted by atomic mass is 16.7. The molecule has 0 aromatic rings. The van der Waals surface area contributed by atoms with Gasteiger partial charge in [-0.25, -0.2) is 4.79 Å². The van der Waals surface area contributed by atoms with Crippen molar-refractivity contribution in [2.24, 2.45) is 17.8 Å². The fraction of sp³-hybridized carbons (Fsp3) is 0.714. The number of ether oxygens (including phenoxy) is 3. The van der Waals surface area contributed by atoms with Crippen LogP contribution >= 0.6 is 0 Å². The van der Waals surface area contributed by atoms with E-state index in [1.165, 1.54) is 7.11 Å². The maximum atomic E-state index is 11.9. The SMILES string of the molecule is C=C(C)C(=O)OC1CC2CC(C(=O)OCOC)C1C2. The van der Waals surface area contributed by atoms with Crippen molar-refractivity contribution in [3.05, 3.63) is 12.2 Å². The highest BCUT2D eigenvalue weighted by Gasteiger charge is 2.51. The zero-order valence-corrected chi connectivity index (χ0v) is 11.4. The number of rotatable bonds is 5. The summed E-state index contributed by atoms with van der Waals surface area (Å²) in [4.78, 5) is 23.5. The van der Waals surface area contributed by atoms with Gasteiger partial charge in [-0.3, -0.25) is 4.79 Å². The second-order valence-electron chi connectivity index (χ2n) is 5.44. The molecule has 0 radical (unpaired) electrons. The molecule has 0 amide bonds. The normalized spacial score (nSPS) is 32.1. The lowest BCUT2D eigenvalue weighted by molar-refractivity contribution is -0.166. The molecule has 0 aliphatic heterocycles. The lowest BCUT2D eigenvalue weighted by Crippen LogP contribution is -2.34. The van der Waals surface area contributed by atoms with E-state index in [0.717, 1.165) is 19.3 Å². The van der Waals surface area contributed by atoms with Crippen LogP contribution in [0.25, 0.3) is 0 Å². The molecule has 19 heavy (non-hydrogen) atoms. The van der Waals surface area contributed by atoms with E-state index >= 15 is 0 Å². The predicted molar refractivity (Wildman–Crippen MR) is 67.0 cm³/mol. The Morgan fingerprint density at radius 2 is 2.00 bits per heavy atom. The number of methoxy groups -OCH3 is 1. The van der Waals surface area contributed by atoms with Gasteiger partial charge in [-0.15, -0.1) is 0 Å². The third-order valence-corrected chi connectivity index (χ3v) is 3.98. The van der Waals surface area contributed by atoms with Crippen LogP contribution in [0.15, 0.2) is 12.2 Å². The fourth-order valence-corrected chi connectivity index (χ4v) is 3.15. The van der Waals surface area contributed by atoms with Crippen LogP contribution in [0.1, 0.15) is 26.2 Å². The van der Waals surface area contributed by atoms with Crippen molar-refractivity contribution in [2.75, 3.05) is 13.9 Å². The van der Waals surface area contributed by atoms with Crippen LogP contribution in [0, 0.1) is 17.8 Å². The van der Waals surface area contributed by atoms with Gasteiger partial charge in [0.25, 0.3) is 0 Å². The molecule has 106 valence electrons. The highest BCUT2D eigenvalue weighted by molar-refractivity contribution is 5.87. The van der Waals surface area contributed by atoms with Crippen molar-refractivity contribution in [1.29, 1.82) is 0 Å². The Morgan fingerprint density at radius 1 is 1.26 bits per heavy atom. The molecular formula is C14H20O5. The number of carbonyl (C=O) groups is 2. The Labute approximate surface area is 112 Å². The van der Waals surface area contributed by atoms with Gasteiger partial charge < -0.3 is 14.2 Å². The van der Waals surface area contributed by atoms with Crippen molar-refractivity contribution in [3.63, 3.8) is 0 Å². The van der Waals surface area contributed by atoms with Crippen LogP contribution in [0.3, 0.4) is 0 Å². The molecular weight excluding hydrogens is 248 g/mol. The molecule has 2 aliphatic rings. The quantitative estimate of drug-likeness (QED) is 0.431. The van der Waals surface area contributed by atoms with Crippen LogP contribution in [0.2, 0.25) is 0 Å². The Morgan fingerprint density at radius 3 is 2.58 bits per heavy atom. The van der Waals surface area contributed by atoms with E-state index in [-0.39, 0.29) is 36.7 Å². The molecule has 0 aromatic carbocycles. The summed E-state index contributed by atoms with van der Waals surface area (Å²) >= 11 is 0. The Balaban J connectivity index is 1.94. The lowest BCUT2D eigenvalue weighted by atomic mass is 9.86. The zero-order chi connectivity index (χ0) is 14.0. The minimum Gasteiger partial charge on any atom is -0.459 e. The van der Waals surface area contributed by atoms with Crippen LogP contribution in [0.4, 0.5) is 0 Å². The van der Waals surface area contributed by atoms with Gasteiger partial charge in [-0.1, -0.05) is 6.58 Å². The summed E-state index contributed by atoms with van der Waals surface area (Å²) in [6.45, 7) is 5.17. The van der Waals surface area contributed by atoms with E-state index < -0.39 is 0 Å². The summed E-state index contributed by atoms with van der Waals surface area (Å²) in [7, 11) is 1.48. The maximum Gasteiger partial charge on any atom is 0.333 e. The van der Waals surface area contributed by atoms with Crippen molar-refractivity contribution < 1.29 is 23.8 Å². The molecule has 5 heteroatoms. The van der Waals surface area contributed by atoms with Crippen molar-refractivity contribution >= 4 is 11.9 Å². The van der Waals surface area contributed by atoms with E-state index in [1.54, 1.807) is 6.92 Å². The summed E-state index contributed by atoms with van der Waals surface area (Å²) < 4.78 is 15.2. The molecule has 0 spiro atoms. The van der Waals surface area contributed by atoms with Crippen LogP contribution in [0.5, 0.6) is 0 Å². The van der Waals surface area contributed by atoms with Crippen LogP contribution < -0.4 is 0 Å². The average Bonchev–Trinajstić information content (AvgIpc) is 2.95. The number of hydrogen-bond acceptors (Lipinski definition) is 5. The van der Waals surface area contributed by atoms with Gasteiger partial charge in [0.15, 0.2) is 6.79 Å². The van der Waals surface area contributed by atoms with Crippen LogP contribution in [-0.4, -0.2) is 31.9 Å². The van der Waals surface area contributed by atoms with Gasteiger partial charge in [-0.2, -0.15) is 0 Å². The molecule has 2 fully saturated rings. The molecule has 2 aliphatic carbocycles. The minimum atomic E-state index is -0.374. The van der Waals surface area contributed by atoms with E-state index in [9.17, 15) is 9.59 Å². The molecule has 0 aromatic heterocycles. The molecule has 2 saturated carbocycles. The Kier molecular flexibility index (Phi) is 4.24. The maximum absolute atomic E-state index is 11.9. The first kappa shape index (κ1) is 14.1. The lowest BCUT2D eigenvalue weighted by Gasteiger charge is -2.27. The van der Waals surface area contributed by atoms with E-state index in [2.05, 4.69) is 6.58 Å². The standard InChI is InChI=1S/C14H20O5/c1-8(2)13(15)19-12-6-9-4-10(12)11(5-9)14(16)18-7-17-3/h9-12H,1,4-7H2,2-3H3.